The van der Waals surface area contributed by atoms with E-state index in [0.29, 0.717) is 11.3 Å². The number of hydrogen-bond donors (Lipinski definition) is 1. The predicted octanol–water partition coefficient (Wildman–Crippen LogP) is 3.03. The lowest BCUT2D eigenvalue weighted by Gasteiger charge is -2.27. The van der Waals surface area contributed by atoms with Crippen molar-refractivity contribution in [1.29, 1.82) is 0 Å². The lowest BCUT2D eigenvalue weighted by atomic mass is 10.0. The van der Waals surface area contributed by atoms with Crippen molar-refractivity contribution < 1.29 is 27.5 Å². The zero-order chi connectivity index (χ0) is 23.3. The van der Waals surface area contributed by atoms with Crippen LogP contribution in [0.4, 0.5) is 0 Å². The molecule has 0 aliphatic carbocycles. The molecule has 170 valence electrons. The lowest BCUT2D eigenvalue weighted by molar-refractivity contribution is 0.0519. The van der Waals surface area contributed by atoms with E-state index in [0.717, 1.165) is 9.87 Å². The lowest BCUT2D eigenvalue weighted by Crippen LogP contribution is -2.45. The van der Waals surface area contributed by atoms with Gasteiger partial charge in [0.2, 0.25) is 10.0 Å². The van der Waals surface area contributed by atoms with Crippen LogP contribution in [-0.2, 0) is 19.5 Å². The summed E-state index contributed by atoms with van der Waals surface area (Å²) in [5, 5.41) is 0. The fourth-order valence-electron chi connectivity index (χ4n) is 3.42. The Bertz CT molecular complexity index is 1040. The first-order chi connectivity index (χ1) is 14.6. The molecule has 1 aromatic heterocycles. The summed E-state index contributed by atoms with van der Waals surface area (Å²) in [6.07, 6.45) is 0. The summed E-state index contributed by atoms with van der Waals surface area (Å²) in [5.41, 5.74) is 2.33. The molecule has 2 aromatic rings. The summed E-state index contributed by atoms with van der Waals surface area (Å²) < 4.78 is 37.9. The molecule has 2 rings (SSSR count). The summed E-state index contributed by atoms with van der Waals surface area (Å²) in [7, 11) is -2.49. The molecule has 0 saturated heterocycles. The molecule has 31 heavy (non-hydrogen) atoms. The summed E-state index contributed by atoms with van der Waals surface area (Å²) >= 11 is 0. The molecule has 1 N–H and O–H groups in total. The van der Waals surface area contributed by atoms with E-state index in [1.807, 2.05) is 6.92 Å². The Balaban J connectivity index is 2.46. The number of hydrogen-bond acceptors (Lipinski definition) is 6. The van der Waals surface area contributed by atoms with E-state index in [9.17, 15) is 18.0 Å². The minimum absolute atomic E-state index is 0.00681. The number of aromatic amines is 1. The van der Waals surface area contributed by atoms with Gasteiger partial charge in [-0.25, -0.2) is 13.2 Å². The maximum atomic E-state index is 13.4. The molecule has 9 heteroatoms. The highest BCUT2D eigenvalue weighted by molar-refractivity contribution is 7.89. The first-order valence-corrected chi connectivity index (χ1v) is 11.5. The Labute approximate surface area is 183 Å². The van der Waals surface area contributed by atoms with Crippen molar-refractivity contribution in [2.24, 2.45) is 0 Å². The average Bonchev–Trinajstić information content (AvgIpc) is 3.02. The average molecular weight is 451 g/mol. The number of nitrogens with one attached hydrogen (secondary N) is 1. The Kier molecular flexibility index (Phi) is 8.16. The summed E-state index contributed by atoms with van der Waals surface area (Å²) in [4.78, 5) is 28.6. The largest absolute Gasteiger partial charge is 0.461 e. The Morgan fingerprint density at radius 3 is 2.29 bits per heavy atom. The first-order valence-electron chi connectivity index (χ1n) is 10.0. The van der Waals surface area contributed by atoms with Gasteiger partial charge in [0.1, 0.15) is 5.69 Å². The number of ketones is 1. The van der Waals surface area contributed by atoms with Crippen molar-refractivity contribution in [3.63, 3.8) is 0 Å². The van der Waals surface area contributed by atoms with E-state index >= 15 is 0 Å². The second kappa shape index (κ2) is 10.2. The number of methoxy groups -OCH3 is 1. The number of H-pyrrole nitrogens is 1. The maximum absolute atomic E-state index is 13.4. The van der Waals surface area contributed by atoms with Gasteiger partial charge in [0.15, 0.2) is 5.78 Å². The van der Waals surface area contributed by atoms with Crippen molar-refractivity contribution in [1.82, 2.24) is 9.29 Å². The summed E-state index contributed by atoms with van der Waals surface area (Å²) in [6.45, 7) is 8.75. The van der Waals surface area contributed by atoms with Gasteiger partial charge in [0.25, 0.3) is 0 Å². The van der Waals surface area contributed by atoms with Gasteiger partial charge in [-0.3, -0.25) is 4.79 Å². The second-order valence-electron chi connectivity index (χ2n) is 7.31. The van der Waals surface area contributed by atoms with Crippen molar-refractivity contribution >= 4 is 21.8 Å². The molecule has 0 saturated carbocycles. The molecular formula is C22H30N2O6S. The van der Waals surface area contributed by atoms with Crippen LogP contribution in [0.5, 0.6) is 0 Å². The third-order valence-corrected chi connectivity index (χ3v) is 7.10. The van der Waals surface area contributed by atoms with Gasteiger partial charge in [-0.2, -0.15) is 4.31 Å². The molecule has 0 amide bonds. The molecule has 0 radical (unpaired) electrons. The third-order valence-electron chi connectivity index (χ3n) is 5.12. The number of aromatic nitrogens is 1. The van der Waals surface area contributed by atoms with E-state index in [1.165, 1.54) is 19.2 Å². The van der Waals surface area contributed by atoms with Crippen molar-refractivity contribution in [3.8, 4) is 0 Å². The molecule has 0 aliphatic rings. The fourth-order valence-corrected chi connectivity index (χ4v) is 4.99. The molecule has 0 unspecified atom stereocenters. The number of sulfonamides is 1. The zero-order valence-corrected chi connectivity index (χ0v) is 19.6. The van der Waals surface area contributed by atoms with Gasteiger partial charge in [0, 0.05) is 24.9 Å². The van der Waals surface area contributed by atoms with Gasteiger partial charge in [-0.1, -0.05) is 17.7 Å². The van der Waals surface area contributed by atoms with Crippen LogP contribution < -0.4 is 0 Å². The molecule has 1 aromatic carbocycles. The van der Waals surface area contributed by atoms with Crippen LogP contribution in [0.25, 0.3) is 0 Å². The molecule has 0 bridgehead atoms. The van der Waals surface area contributed by atoms with Gasteiger partial charge in [-0.15, -0.1) is 0 Å². The maximum Gasteiger partial charge on any atom is 0.355 e. The number of carbonyl (C=O) groups is 2. The van der Waals surface area contributed by atoms with Crippen LogP contribution >= 0.6 is 0 Å². The molecule has 0 spiro atoms. The molecule has 0 aliphatic heterocycles. The van der Waals surface area contributed by atoms with Gasteiger partial charge in [0.05, 0.1) is 24.2 Å². The van der Waals surface area contributed by atoms with Crippen LogP contribution in [0.15, 0.2) is 29.2 Å². The summed E-state index contributed by atoms with van der Waals surface area (Å²) in [5.74, 6) is -0.966. The standard InChI is InChI=1S/C22H30N2O6S/c1-7-30-22(26)20-15(3)19(16(4)23-20)21(25)17(5)24(12-13-29-6)31(27,28)18-10-8-14(2)9-11-18/h8-11,17,23H,7,12-13H2,1-6H3/t17-/m0/s1. The van der Waals surface area contributed by atoms with E-state index in [1.54, 1.807) is 39.8 Å². The smallest absolute Gasteiger partial charge is 0.355 e. The molecule has 0 fully saturated rings. The monoisotopic (exact) mass is 450 g/mol. The Morgan fingerprint density at radius 1 is 1.13 bits per heavy atom. The zero-order valence-electron chi connectivity index (χ0n) is 18.8. The number of benzene rings is 1. The van der Waals surface area contributed by atoms with Crippen LogP contribution in [0.3, 0.4) is 0 Å². The van der Waals surface area contributed by atoms with Crippen LogP contribution in [0.2, 0.25) is 0 Å². The van der Waals surface area contributed by atoms with E-state index < -0.39 is 27.8 Å². The number of esters is 1. The normalized spacial score (nSPS) is 12.7. The predicted molar refractivity (Wildman–Crippen MR) is 117 cm³/mol. The minimum Gasteiger partial charge on any atom is -0.461 e. The SMILES string of the molecule is CCOC(=O)c1[nH]c(C)c(C(=O)[C@H](C)N(CCOC)S(=O)(=O)c2ccc(C)cc2)c1C. The third kappa shape index (κ3) is 5.23. The number of Topliss-reactive ketones (excluding diaryl/α,β-unsaturated/α-hetero) is 1. The highest BCUT2D eigenvalue weighted by atomic mass is 32.2. The summed E-state index contributed by atoms with van der Waals surface area (Å²) in [6, 6.07) is 5.45. The number of nitrogens with zero attached hydrogens (tertiary/aromatic N) is 1. The molecule has 8 nitrogen and oxygen atoms in total. The van der Waals surface area contributed by atoms with Crippen molar-refractivity contribution in [2.45, 2.75) is 45.6 Å². The van der Waals surface area contributed by atoms with Gasteiger partial charge in [-0.05, 0) is 52.3 Å². The topological polar surface area (TPSA) is 106 Å². The fraction of sp³-hybridized carbons (Fsp3) is 0.455. The Hall–Kier alpha value is -2.49. The van der Waals surface area contributed by atoms with E-state index in [4.69, 9.17) is 9.47 Å². The second-order valence-corrected chi connectivity index (χ2v) is 9.20. The number of carbonyl (C=O) groups excluding carboxylic acids is 2. The quantitative estimate of drug-likeness (QED) is 0.441. The number of aryl methyl sites for hydroxylation is 2. The van der Waals surface area contributed by atoms with Crippen LogP contribution in [0.1, 0.15) is 51.5 Å². The molecular weight excluding hydrogens is 420 g/mol. The highest BCUT2D eigenvalue weighted by Crippen LogP contribution is 2.25. The first kappa shape index (κ1) is 24.8. The minimum atomic E-state index is -3.96. The van der Waals surface area contributed by atoms with Crippen LogP contribution in [-0.4, -0.2) is 62.4 Å². The molecule has 1 atom stereocenters. The number of ether oxygens (including phenoxy) is 2. The van der Waals surface area contributed by atoms with Gasteiger partial charge < -0.3 is 14.5 Å². The van der Waals surface area contributed by atoms with E-state index in [-0.39, 0.29) is 35.9 Å². The number of rotatable bonds is 10. The molecule has 1 heterocycles. The van der Waals surface area contributed by atoms with E-state index in [2.05, 4.69) is 4.98 Å². The van der Waals surface area contributed by atoms with Crippen molar-refractivity contribution in [3.05, 3.63) is 52.3 Å². The Morgan fingerprint density at radius 2 is 1.74 bits per heavy atom. The highest BCUT2D eigenvalue weighted by Gasteiger charge is 2.35. The van der Waals surface area contributed by atoms with Crippen molar-refractivity contribution in [2.75, 3.05) is 26.9 Å². The van der Waals surface area contributed by atoms with Crippen LogP contribution in [0, 0.1) is 20.8 Å². The van der Waals surface area contributed by atoms with Gasteiger partial charge >= 0.3 is 5.97 Å².